The Kier molecular flexibility index (Phi) is 3.40. The van der Waals surface area contributed by atoms with E-state index in [2.05, 4.69) is 24.1 Å². The number of rotatable bonds is 2. The molecule has 4 N–H and O–H groups in total. The van der Waals surface area contributed by atoms with Crippen molar-refractivity contribution in [1.29, 1.82) is 0 Å². The molecule has 1 amide bonds. The first-order valence-corrected chi connectivity index (χ1v) is 7.62. The van der Waals surface area contributed by atoms with Crippen molar-refractivity contribution >= 4 is 22.5 Å². The fourth-order valence-electron chi connectivity index (χ4n) is 3.13. The molecule has 0 saturated heterocycles. The van der Waals surface area contributed by atoms with E-state index in [1.54, 1.807) is 6.20 Å². The predicted molar refractivity (Wildman–Crippen MR) is 86.2 cm³/mol. The monoisotopic (exact) mass is 285 g/mol. The lowest BCUT2D eigenvalue weighted by molar-refractivity contribution is 0.0911. The lowest BCUT2D eigenvalue weighted by Crippen LogP contribution is -2.39. The van der Waals surface area contributed by atoms with Crippen LogP contribution in [0.4, 0.5) is 5.69 Å². The van der Waals surface area contributed by atoms with Gasteiger partial charge in [0.2, 0.25) is 0 Å². The first kappa shape index (κ1) is 14.0. The van der Waals surface area contributed by atoms with E-state index in [1.807, 2.05) is 18.2 Å². The van der Waals surface area contributed by atoms with Gasteiger partial charge in [0.1, 0.15) is 0 Å². The van der Waals surface area contributed by atoms with Gasteiger partial charge in [-0.3, -0.25) is 4.79 Å². The van der Waals surface area contributed by atoms with E-state index in [0.717, 1.165) is 23.7 Å². The number of amides is 1. The average Bonchev–Trinajstić information content (AvgIpc) is 2.84. The Morgan fingerprint density at radius 2 is 2.05 bits per heavy atom. The van der Waals surface area contributed by atoms with Gasteiger partial charge < -0.3 is 16.0 Å². The Morgan fingerprint density at radius 3 is 2.76 bits per heavy atom. The number of nitrogens with two attached hydrogens (primary N) is 1. The van der Waals surface area contributed by atoms with Crippen LogP contribution in [-0.2, 0) is 0 Å². The van der Waals surface area contributed by atoms with Crippen molar-refractivity contribution in [2.45, 2.75) is 45.6 Å². The van der Waals surface area contributed by atoms with Gasteiger partial charge in [-0.15, -0.1) is 0 Å². The van der Waals surface area contributed by atoms with Crippen molar-refractivity contribution < 1.29 is 4.79 Å². The second-order valence-electron chi connectivity index (χ2n) is 6.92. The summed E-state index contributed by atoms with van der Waals surface area (Å²) >= 11 is 0. The third-order valence-corrected chi connectivity index (χ3v) is 4.62. The zero-order valence-electron chi connectivity index (χ0n) is 12.7. The topological polar surface area (TPSA) is 70.9 Å². The second kappa shape index (κ2) is 5.10. The molecular weight excluding hydrogens is 262 g/mol. The van der Waals surface area contributed by atoms with Gasteiger partial charge in [0.25, 0.3) is 5.91 Å². The lowest BCUT2D eigenvalue weighted by Gasteiger charge is -2.34. The molecule has 1 aliphatic carbocycles. The van der Waals surface area contributed by atoms with Crippen LogP contribution in [0.25, 0.3) is 10.9 Å². The highest BCUT2D eigenvalue weighted by atomic mass is 16.1. The number of nitrogen functional groups attached to an aromatic ring is 1. The Balaban J connectivity index is 1.74. The summed E-state index contributed by atoms with van der Waals surface area (Å²) in [5.41, 5.74) is 8.54. The van der Waals surface area contributed by atoms with Crippen molar-refractivity contribution in [3.05, 3.63) is 30.0 Å². The Hall–Kier alpha value is -1.97. The van der Waals surface area contributed by atoms with Gasteiger partial charge >= 0.3 is 0 Å². The summed E-state index contributed by atoms with van der Waals surface area (Å²) in [4.78, 5) is 15.6. The fourth-order valence-corrected chi connectivity index (χ4v) is 3.13. The Labute approximate surface area is 125 Å². The van der Waals surface area contributed by atoms with E-state index in [0.29, 0.717) is 16.7 Å². The summed E-state index contributed by atoms with van der Waals surface area (Å²) in [5, 5.41) is 4.06. The molecule has 1 aromatic heterocycles. The molecule has 0 spiro atoms. The second-order valence-corrected chi connectivity index (χ2v) is 6.92. The standard InChI is InChI=1S/C17H23N3O/c1-17(2)7-5-12(6-8-17)20-16(21)14-10-19-15-4-3-11(18)9-13(14)15/h3-4,9-10,12,19H,5-8,18H2,1-2H3,(H,20,21). The van der Waals surface area contributed by atoms with Crippen molar-refractivity contribution in [2.75, 3.05) is 5.73 Å². The van der Waals surface area contributed by atoms with Crippen LogP contribution in [0.1, 0.15) is 49.9 Å². The molecule has 0 radical (unpaired) electrons. The normalized spacial score (nSPS) is 18.8. The van der Waals surface area contributed by atoms with Crippen LogP contribution in [0.3, 0.4) is 0 Å². The average molecular weight is 285 g/mol. The molecule has 0 unspecified atom stereocenters. The largest absolute Gasteiger partial charge is 0.399 e. The molecule has 0 atom stereocenters. The molecule has 1 aliphatic rings. The molecule has 1 aromatic carbocycles. The number of fused-ring (bicyclic) bond motifs is 1. The van der Waals surface area contributed by atoms with E-state index >= 15 is 0 Å². The van der Waals surface area contributed by atoms with Gasteiger partial charge in [-0.25, -0.2) is 0 Å². The molecular formula is C17H23N3O. The number of anilines is 1. The van der Waals surface area contributed by atoms with Crippen LogP contribution < -0.4 is 11.1 Å². The van der Waals surface area contributed by atoms with Crippen molar-refractivity contribution in [3.63, 3.8) is 0 Å². The third kappa shape index (κ3) is 2.89. The molecule has 0 aliphatic heterocycles. The number of carbonyl (C=O) groups is 1. The van der Waals surface area contributed by atoms with E-state index in [9.17, 15) is 4.79 Å². The van der Waals surface area contributed by atoms with Gasteiger partial charge in [0.05, 0.1) is 5.56 Å². The van der Waals surface area contributed by atoms with Crippen molar-refractivity contribution in [3.8, 4) is 0 Å². The third-order valence-electron chi connectivity index (χ3n) is 4.62. The minimum absolute atomic E-state index is 0.00319. The number of benzene rings is 1. The number of H-pyrrole nitrogens is 1. The van der Waals surface area contributed by atoms with E-state index in [1.165, 1.54) is 12.8 Å². The van der Waals surface area contributed by atoms with Crippen molar-refractivity contribution in [2.24, 2.45) is 5.41 Å². The Bertz CT molecular complexity index is 662. The van der Waals surface area contributed by atoms with Gasteiger partial charge in [-0.05, 0) is 49.3 Å². The van der Waals surface area contributed by atoms with Gasteiger partial charge in [0, 0.05) is 28.8 Å². The minimum Gasteiger partial charge on any atom is -0.399 e. The maximum absolute atomic E-state index is 12.5. The summed E-state index contributed by atoms with van der Waals surface area (Å²) in [5.74, 6) is -0.00319. The zero-order chi connectivity index (χ0) is 15.0. The summed E-state index contributed by atoms with van der Waals surface area (Å²) in [6, 6.07) is 5.88. The van der Waals surface area contributed by atoms with E-state index in [-0.39, 0.29) is 11.9 Å². The van der Waals surface area contributed by atoms with Crippen LogP contribution in [0, 0.1) is 5.41 Å². The first-order chi connectivity index (χ1) is 9.94. The molecule has 4 nitrogen and oxygen atoms in total. The van der Waals surface area contributed by atoms with Crippen LogP contribution in [0.2, 0.25) is 0 Å². The molecule has 2 aromatic rings. The highest BCUT2D eigenvalue weighted by Crippen LogP contribution is 2.35. The van der Waals surface area contributed by atoms with Gasteiger partial charge in [-0.2, -0.15) is 0 Å². The van der Waals surface area contributed by atoms with E-state index in [4.69, 9.17) is 5.73 Å². The molecule has 1 fully saturated rings. The lowest BCUT2D eigenvalue weighted by atomic mass is 9.75. The molecule has 0 bridgehead atoms. The van der Waals surface area contributed by atoms with Gasteiger partial charge in [-0.1, -0.05) is 13.8 Å². The highest BCUT2D eigenvalue weighted by molar-refractivity contribution is 6.07. The number of carbonyl (C=O) groups excluding carboxylic acids is 1. The van der Waals surface area contributed by atoms with Crippen LogP contribution >= 0.6 is 0 Å². The molecule has 3 rings (SSSR count). The SMILES string of the molecule is CC1(C)CCC(NC(=O)c2c[nH]c3ccc(N)cc23)CC1. The fraction of sp³-hybridized carbons (Fsp3) is 0.471. The number of aromatic amines is 1. The number of hydrogen-bond acceptors (Lipinski definition) is 2. The maximum Gasteiger partial charge on any atom is 0.253 e. The number of hydrogen-bond donors (Lipinski definition) is 3. The first-order valence-electron chi connectivity index (χ1n) is 7.62. The smallest absolute Gasteiger partial charge is 0.253 e. The van der Waals surface area contributed by atoms with Crippen LogP contribution in [0.15, 0.2) is 24.4 Å². The summed E-state index contributed by atoms with van der Waals surface area (Å²) in [6.45, 7) is 4.60. The molecule has 112 valence electrons. The predicted octanol–water partition coefficient (Wildman–Crippen LogP) is 3.45. The summed E-state index contributed by atoms with van der Waals surface area (Å²) in [6.07, 6.45) is 6.22. The van der Waals surface area contributed by atoms with E-state index < -0.39 is 0 Å². The summed E-state index contributed by atoms with van der Waals surface area (Å²) < 4.78 is 0. The zero-order valence-corrected chi connectivity index (χ0v) is 12.7. The highest BCUT2D eigenvalue weighted by Gasteiger charge is 2.28. The quantitative estimate of drug-likeness (QED) is 0.740. The maximum atomic E-state index is 12.5. The number of nitrogens with one attached hydrogen (secondary N) is 2. The molecule has 4 heteroatoms. The van der Waals surface area contributed by atoms with Crippen LogP contribution in [-0.4, -0.2) is 16.9 Å². The molecule has 1 heterocycles. The summed E-state index contributed by atoms with van der Waals surface area (Å²) in [7, 11) is 0. The van der Waals surface area contributed by atoms with Gasteiger partial charge in [0.15, 0.2) is 0 Å². The number of aromatic nitrogens is 1. The minimum atomic E-state index is -0.00319. The molecule has 21 heavy (non-hydrogen) atoms. The Morgan fingerprint density at radius 1 is 1.33 bits per heavy atom. The van der Waals surface area contributed by atoms with Crippen molar-refractivity contribution in [1.82, 2.24) is 10.3 Å². The molecule has 1 saturated carbocycles. The van der Waals surface area contributed by atoms with Crippen LogP contribution in [0.5, 0.6) is 0 Å².